The zero-order valence-corrected chi connectivity index (χ0v) is 13.6. The van der Waals surface area contributed by atoms with Crippen molar-refractivity contribution in [1.29, 1.82) is 0 Å². The van der Waals surface area contributed by atoms with Crippen molar-refractivity contribution >= 4 is 18.0 Å². The predicted molar refractivity (Wildman–Crippen MR) is 84.1 cm³/mol. The van der Waals surface area contributed by atoms with Gasteiger partial charge in [0.2, 0.25) is 6.29 Å². The number of phenolic OH excluding ortho intramolecular Hbond substituents is 1. The first-order chi connectivity index (χ1) is 12.2. The van der Waals surface area contributed by atoms with Gasteiger partial charge in [-0.2, -0.15) is 0 Å². The Kier molecular flexibility index (Phi) is 6.16. The molecule has 1 aliphatic rings. The first kappa shape index (κ1) is 19.7. The van der Waals surface area contributed by atoms with Gasteiger partial charge in [-0.3, -0.25) is 0 Å². The molecule has 0 aliphatic carbocycles. The monoisotopic (exact) mass is 370 g/mol. The van der Waals surface area contributed by atoms with Crippen LogP contribution in [-0.4, -0.2) is 75.3 Å². The van der Waals surface area contributed by atoms with Crippen molar-refractivity contribution in [3.05, 3.63) is 29.8 Å². The molecule has 0 spiro atoms. The van der Waals surface area contributed by atoms with Gasteiger partial charge in [-0.1, -0.05) is 6.07 Å². The van der Waals surface area contributed by atoms with Crippen molar-refractivity contribution in [3.8, 4) is 11.5 Å². The zero-order valence-electron chi connectivity index (χ0n) is 13.6. The minimum atomic E-state index is -1.77. The number of benzene rings is 1. The molecule has 0 unspecified atom stereocenters. The Balaban J connectivity index is 2.24. The number of aromatic hydroxyl groups is 1. The second-order valence-electron chi connectivity index (χ2n) is 5.44. The van der Waals surface area contributed by atoms with E-state index in [0.29, 0.717) is 5.56 Å². The summed E-state index contributed by atoms with van der Waals surface area (Å²) in [5.74, 6) is -2.72. The highest BCUT2D eigenvalue weighted by atomic mass is 16.7. The third-order valence-corrected chi connectivity index (χ3v) is 3.65. The minimum Gasteiger partial charge on any atom is -0.504 e. The molecular weight excluding hydrogens is 352 g/mol. The molecule has 0 aromatic heterocycles. The predicted octanol–water partition coefficient (Wildman–Crippen LogP) is -1.15. The van der Waals surface area contributed by atoms with Crippen LogP contribution in [0.2, 0.25) is 0 Å². The van der Waals surface area contributed by atoms with Crippen LogP contribution in [-0.2, 0) is 19.1 Å². The number of aliphatic hydroxyl groups excluding tert-OH is 3. The fourth-order valence-corrected chi connectivity index (χ4v) is 2.28. The Labute approximate surface area is 147 Å². The summed E-state index contributed by atoms with van der Waals surface area (Å²) in [5.41, 5.74) is 0.357. The molecule has 1 aromatic carbocycles. The number of esters is 1. The molecule has 10 heteroatoms. The number of carbonyl (C=O) groups excluding carboxylic acids is 1. The fourth-order valence-electron chi connectivity index (χ4n) is 2.28. The second kappa shape index (κ2) is 8.15. The molecule has 0 amide bonds. The van der Waals surface area contributed by atoms with E-state index in [1.807, 2.05) is 0 Å². The van der Waals surface area contributed by atoms with Gasteiger partial charge in [0.05, 0.1) is 7.11 Å². The van der Waals surface area contributed by atoms with Crippen LogP contribution in [0.25, 0.3) is 6.08 Å². The van der Waals surface area contributed by atoms with Gasteiger partial charge < -0.3 is 39.7 Å². The van der Waals surface area contributed by atoms with Crippen LogP contribution in [0.1, 0.15) is 5.56 Å². The first-order valence-corrected chi connectivity index (χ1v) is 7.42. The van der Waals surface area contributed by atoms with Gasteiger partial charge in [0.1, 0.15) is 18.3 Å². The molecule has 142 valence electrons. The Morgan fingerprint density at radius 2 is 1.85 bits per heavy atom. The molecule has 1 saturated heterocycles. The standard InChI is InChI=1S/C16H18O10/c1-24-15(23)14-12(21)11(20)13(22)16(26-14)25-9-6-7(2-4-8(9)17)3-5-10(18)19/h2-6,11-14,16-17,20-22H,1H3,(H,18,19)/b5-3+/t11-,12-,13+,14-,16+/m0/s1. The lowest BCUT2D eigenvalue weighted by Crippen LogP contribution is -2.61. The number of rotatable bonds is 5. The van der Waals surface area contributed by atoms with Crippen LogP contribution in [0, 0.1) is 0 Å². The Morgan fingerprint density at radius 3 is 2.46 bits per heavy atom. The van der Waals surface area contributed by atoms with Gasteiger partial charge in [-0.15, -0.1) is 0 Å². The smallest absolute Gasteiger partial charge is 0.337 e. The topological polar surface area (TPSA) is 163 Å². The largest absolute Gasteiger partial charge is 0.504 e. The van der Waals surface area contributed by atoms with E-state index in [1.54, 1.807) is 0 Å². The van der Waals surface area contributed by atoms with Crippen LogP contribution in [0.15, 0.2) is 24.3 Å². The Morgan fingerprint density at radius 1 is 1.15 bits per heavy atom. The molecule has 26 heavy (non-hydrogen) atoms. The molecule has 5 atom stereocenters. The second-order valence-corrected chi connectivity index (χ2v) is 5.44. The van der Waals surface area contributed by atoms with Crippen molar-refractivity contribution in [1.82, 2.24) is 0 Å². The van der Waals surface area contributed by atoms with Crippen LogP contribution in [0.4, 0.5) is 0 Å². The lowest BCUT2D eigenvalue weighted by molar-refractivity contribution is -0.272. The fraction of sp³-hybridized carbons (Fsp3) is 0.375. The third-order valence-electron chi connectivity index (χ3n) is 3.65. The number of phenols is 1. The third kappa shape index (κ3) is 4.29. The summed E-state index contributed by atoms with van der Waals surface area (Å²) in [5, 5.41) is 48.2. The van der Waals surface area contributed by atoms with E-state index < -0.39 is 42.6 Å². The highest BCUT2D eigenvalue weighted by Gasteiger charge is 2.48. The molecule has 1 aromatic rings. The van der Waals surface area contributed by atoms with E-state index in [-0.39, 0.29) is 11.5 Å². The van der Waals surface area contributed by atoms with Gasteiger partial charge in [0.15, 0.2) is 17.6 Å². The summed E-state index contributed by atoms with van der Waals surface area (Å²) in [6.07, 6.45) is -6.35. The minimum absolute atomic E-state index is 0.200. The quantitative estimate of drug-likeness (QED) is 0.316. The number of methoxy groups -OCH3 is 1. The number of carboxylic acids is 1. The normalized spacial score (nSPS) is 28.7. The average molecular weight is 370 g/mol. The van der Waals surface area contributed by atoms with Crippen molar-refractivity contribution in [2.75, 3.05) is 7.11 Å². The van der Waals surface area contributed by atoms with E-state index >= 15 is 0 Å². The lowest BCUT2D eigenvalue weighted by Gasteiger charge is -2.38. The van der Waals surface area contributed by atoms with Gasteiger partial charge in [0, 0.05) is 6.08 Å². The molecule has 0 radical (unpaired) electrons. The molecule has 1 fully saturated rings. The zero-order chi connectivity index (χ0) is 19.4. The van der Waals surface area contributed by atoms with Crippen molar-refractivity contribution in [3.63, 3.8) is 0 Å². The van der Waals surface area contributed by atoms with Crippen LogP contribution in [0.5, 0.6) is 11.5 Å². The maximum atomic E-state index is 11.6. The highest BCUT2D eigenvalue weighted by molar-refractivity contribution is 5.85. The summed E-state index contributed by atoms with van der Waals surface area (Å²) in [6.45, 7) is 0. The molecule has 1 aliphatic heterocycles. The molecule has 10 nitrogen and oxygen atoms in total. The molecule has 5 N–H and O–H groups in total. The van der Waals surface area contributed by atoms with E-state index in [9.17, 15) is 30.0 Å². The van der Waals surface area contributed by atoms with Crippen molar-refractivity contribution in [2.24, 2.45) is 0 Å². The van der Waals surface area contributed by atoms with Gasteiger partial charge in [-0.25, -0.2) is 9.59 Å². The molecule has 1 heterocycles. The van der Waals surface area contributed by atoms with Gasteiger partial charge >= 0.3 is 11.9 Å². The van der Waals surface area contributed by atoms with Crippen LogP contribution < -0.4 is 4.74 Å². The molecule has 0 bridgehead atoms. The Bertz CT molecular complexity index is 700. The van der Waals surface area contributed by atoms with E-state index in [4.69, 9.17) is 14.6 Å². The molecule has 0 saturated carbocycles. The van der Waals surface area contributed by atoms with E-state index in [2.05, 4.69) is 4.74 Å². The summed E-state index contributed by atoms with van der Waals surface area (Å²) in [4.78, 5) is 22.2. The highest BCUT2D eigenvalue weighted by Crippen LogP contribution is 2.31. The van der Waals surface area contributed by atoms with Crippen molar-refractivity contribution in [2.45, 2.75) is 30.7 Å². The summed E-state index contributed by atoms with van der Waals surface area (Å²) in [6, 6.07) is 3.89. The lowest BCUT2D eigenvalue weighted by atomic mass is 9.99. The number of hydrogen-bond acceptors (Lipinski definition) is 9. The number of aliphatic carboxylic acids is 1. The van der Waals surface area contributed by atoms with E-state index in [0.717, 1.165) is 13.2 Å². The summed E-state index contributed by atoms with van der Waals surface area (Å²) < 4.78 is 14.9. The SMILES string of the molecule is COC(=O)[C@H]1O[C@@H](Oc2cc(/C=C/C(=O)O)ccc2O)[C@H](O)[C@@H](O)[C@@H]1O. The summed E-state index contributed by atoms with van der Waals surface area (Å²) >= 11 is 0. The van der Waals surface area contributed by atoms with Gasteiger partial charge in [0.25, 0.3) is 0 Å². The molecule has 2 rings (SSSR count). The average Bonchev–Trinajstić information content (AvgIpc) is 2.61. The first-order valence-electron chi connectivity index (χ1n) is 7.42. The molecular formula is C16H18O10. The number of ether oxygens (including phenoxy) is 3. The Hall–Kier alpha value is -2.66. The van der Waals surface area contributed by atoms with Gasteiger partial charge in [-0.05, 0) is 23.8 Å². The number of aliphatic hydroxyl groups is 3. The number of hydrogen-bond donors (Lipinski definition) is 5. The maximum absolute atomic E-state index is 11.6. The van der Waals surface area contributed by atoms with Crippen LogP contribution >= 0.6 is 0 Å². The number of carboxylic acid groups (broad SMARTS) is 1. The van der Waals surface area contributed by atoms with Crippen LogP contribution in [0.3, 0.4) is 0 Å². The van der Waals surface area contributed by atoms with E-state index in [1.165, 1.54) is 24.3 Å². The summed E-state index contributed by atoms with van der Waals surface area (Å²) in [7, 11) is 1.05. The maximum Gasteiger partial charge on any atom is 0.337 e. The van der Waals surface area contributed by atoms with Crippen molar-refractivity contribution < 1.29 is 49.3 Å². The number of carbonyl (C=O) groups is 2.